The molecule has 0 saturated carbocycles. The number of hydrogen-bond acceptors (Lipinski definition) is 3. The monoisotopic (exact) mass is 166 g/mol. The zero-order valence-corrected chi connectivity index (χ0v) is 7.74. The van der Waals surface area contributed by atoms with Gasteiger partial charge in [-0.1, -0.05) is 0 Å². The largest absolute Gasteiger partial charge is 2.00 e. The molecule has 0 saturated heterocycles. The third kappa shape index (κ3) is 72.3. The number of hydrogen-bond donors (Lipinski definition) is 0. The van der Waals surface area contributed by atoms with E-state index in [1.54, 1.807) is 0 Å². The van der Waals surface area contributed by atoms with Crippen molar-refractivity contribution >= 4 is 46.1 Å². The topological polar surface area (TPSA) is 69.2 Å². The second-order valence-corrected chi connectivity index (χ2v) is 0.567. The van der Waals surface area contributed by atoms with E-state index in [2.05, 4.69) is 0 Å². The van der Waals surface area contributed by atoms with E-state index in [-0.39, 0.29) is 58.5 Å². The summed E-state index contributed by atoms with van der Waals surface area (Å²) in [5.41, 5.74) is 0. The Bertz CT molecular complexity index is 15.7. The van der Waals surface area contributed by atoms with Gasteiger partial charge < -0.3 is 26.4 Å². The van der Waals surface area contributed by atoms with Gasteiger partial charge in [-0.3, -0.25) is 0 Å². The molecular weight excluding hydrogens is 168 g/mol. The van der Waals surface area contributed by atoms with Gasteiger partial charge in [-0.2, -0.15) is 0 Å². The van der Waals surface area contributed by atoms with Crippen LogP contribution in [0.15, 0.2) is 0 Å². The molecule has 0 heterocycles. The quantitative estimate of drug-likeness (QED) is 0.337. The van der Waals surface area contributed by atoms with E-state index in [9.17, 15) is 0 Å². The van der Waals surface area contributed by atoms with Crippen molar-refractivity contribution < 1.29 is 37.2 Å². The van der Waals surface area contributed by atoms with E-state index in [0.29, 0.717) is 0 Å². The maximum atomic E-state index is 8.41. The second kappa shape index (κ2) is 15.7. The van der Waals surface area contributed by atoms with Gasteiger partial charge in [0.05, 0.1) is 10.8 Å². The molecule has 0 aliphatic heterocycles. The first-order valence-corrected chi connectivity index (χ1v) is 1.39. The van der Waals surface area contributed by atoms with Gasteiger partial charge in [0.25, 0.3) is 0 Å². The number of halogens is 2. The molecule has 0 amide bonds. The first-order valence-electron chi connectivity index (χ1n) is 0.463. The average Bonchev–Trinajstić information content (AvgIpc) is 0.811. The Hall–Kier alpha value is 1.99. The van der Waals surface area contributed by atoms with Crippen molar-refractivity contribution in [3.63, 3.8) is 0 Å². The normalized spacial score (nSPS) is 5.14. The van der Waals surface area contributed by atoms with Crippen LogP contribution in [-0.4, -0.2) is 46.1 Å². The fourth-order valence-corrected chi connectivity index (χ4v) is 0. The maximum absolute atomic E-state index is 8.41. The molecule has 3 nitrogen and oxygen atoms in total. The summed E-state index contributed by atoms with van der Waals surface area (Å²) in [6, 6.07) is 0. The minimum Gasteiger partial charge on any atom is -1.00 e. The third-order valence-electron chi connectivity index (χ3n) is 0. The van der Waals surface area contributed by atoms with E-state index in [1.807, 2.05) is 0 Å². The van der Waals surface area contributed by atoms with Gasteiger partial charge in [-0.25, -0.2) is 0 Å². The van der Waals surface area contributed by atoms with E-state index in [1.165, 1.54) is 0 Å². The van der Waals surface area contributed by atoms with Gasteiger partial charge in [0.2, 0.25) is 0 Å². The van der Waals surface area contributed by atoms with Gasteiger partial charge in [0, 0.05) is 0 Å². The van der Waals surface area contributed by atoms with E-state index < -0.39 is 10.8 Å². The maximum Gasteiger partial charge on any atom is 2.00 e. The molecule has 7 heteroatoms. The molecular formula is Cl2Mg2O3+2. The Morgan fingerprint density at radius 1 is 0.857 bits per heavy atom. The van der Waals surface area contributed by atoms with Crippen LogP contribution < -0.4 is 26.4 Å². The van der Waals surface area contributed by atoms with Crippen molar-refractivity contribution in [2.75, 3.05) is 0 Å². The molecule has 0 unspecified atom stereocenters. The molecule has 7 heavy (non-hydrogen) atoms. The molecule has 34 valence electrons. The van der Waals surface area contributed by atoms with Gasteiger partial charge in [-0.15, -0.1) is 0 Å². The number of rotatable bonds is 0. The Morgan fingerprint density at radius 3 is 0.857 bits per heavy atom. The second-order valence-electron chi connectivity index (χ2n) is 0.189. The van der Waals surface area contributed by atoms with Gasteiger partial charge in [0.15, 0.2) is 0 Å². The Labute approximate surface area is 82.6 Å². The molecule has 0 bridgehead atoms. The van der Waals surface area contributed by atoms with Crippen molar-refractivity contribution in [2.45, 2.75) is 0 Å². The van der Waals surface area contributed by atoms with Crippen LogP contribution in [0.1, 0.15) is 0 Å². The van der Waals surface area contributed by atoms with E-state index >= 15 is 0 Å². The molecule has 0 aromatic rings. The summed E-state index contributed by atoms with van der Waals surface area (Å²) >= 11 is 0. The van der Waals surface area contributed by atoms with E-state index in [0.717, 1.165) is 0 Å². The van der Waals surface area contributed by atoms with Crippen LogP contribution in [0.2, 0.25) is 0 Å². The molecule has 0 aromatic carbocycles. The smallest absolute Gasteiger partial charge is 1.00 e. The van der Waals surface area contributed by atoms with Crippen LogP contribution in [0.5, 0.6) is 0 Å². The molecule has 0 aromatic heterocycles. The van der Waals surface area contributed by atoms with Crippen LogP contribution >= 0.6 is 0 Å². The van der Waals surface area contributed by atoms with Crippen molar-refractivity contribution in [1.29, 1.82) is 0 Å². The molecule has 0 spiro atoms. The van der Waals surface area contributed by atoms with Crippen LogP contribution in [0.4, 0.5) is 0 Å². The van der Waals surface area contributed by atoms with Crippen molar-refractivity contribution in [1.82, 2.24) is 0 Å². The minimum absolute atomic E-state index is 0. The van der Waals surface area contributed by atoms with Crippen molar-refractivity contribution in [3.05, 3.63) is 0 Å². The van der Waals surface area contributed by atoms with Gasteiger partial charge in [-0.05, 0) is 0 Å². The predicted octanol–water partition coefficient (Wildman–Crippen LogP) is -7.32. The summed E-state index contributed by atoms with van der Waals surface area (Å²) in [6.45, 7) is 0. The zero-order valence-electron chi connectivity index (χ0n) is 3.39. The van der Waals surface area contributed by atoms with Crippen LogP contribution in [0.25, 0.3) is 0 Å². The predicted molar refractivity (Wildman–Crippen MR) is 11.5 cm³/mol. The summed E-state index contributed by atoms with van der Waals surface area (Å²) in [5.74, 6) is 0. The van der Waals surface area contributed by atoms with Crippen LogP contribution in [0.3, 0.4) is 0 Å². The molecule has 0 aliphatic rings. The zero-order chi connectivity index (χ0) is 3.58. The fourth-order valence-electron chi connectivity index (χ4n) is 0. The molecule has 0 N–H and O–H groups in total. The van der Waals surface area contributed by atoms with Gasteiger partial charge in [0.1, 0.15) is 0 Å². The summed E-state index contributed by atoms with van der Waals surface area (Å²) in [4.78, 5) is 0. The SMILES string of the molecule is [Cl-].[Mg+2].[Mg+2].[O-][Cl+2]([O-])[O-]. The van der Waals surface area contributed by atoms with Gasteiger partial charge >= 0.3 is 46.1 Å². The summed E-state index contributed by atoms with van der Waals surface area (Å²) in [6.07, 6.45) is 0. The fraction of sp³-hybridized carbons (Fsp3) is 0. The Kier molecular flexibility index (Phi) is 51.6. The Balaban J connectivity index is -0.0000000150. The average molecular weight is 168 g/mol. The summed E-state index contributed by atoms with van der Waals surface area (Å²) in [7, 11) is -2.85. The Morgan fingerprint density at radius 2 is 0.857 bits per heavy atom. The standard InChI is InChI=1S/ClO3.ClH.2Mg/c2-1(3)4;;;/h;1H;;/q-1;;2*+2/p-1. The first-order chi connectivity index (χ1) is 1.73. The van der Waals surface area contributed by atoms with Crippen LogP contribution in [0, 0.1) is 10.8 Å². The van der Waals surface area contributed by atoms with Crippen molar-refractivity contribution in [2.24, 2.45) is 0 Å². The molecule has 0 atom stereocenters. The van der Waals surface area contributed by atoms with Crippen molar-refractivity contribution in [3.8, 4) is 0 Å². The summed E-state index contributed by atoms with van der Waals surface area (Å²) in [5, 5.41) is 0. The van der Waals surface area contributed by atoms with Crippen LogP contribution in [-0.2, 0) is 0 Å². The van der Waals surface area contributed by atoms with E-state index in [4.69, 9.17) is 14.0 Å². The molecule has 0 aliphatic carbocycles. The minimum atomic E-state index is -2.85. The summed E-state index contributed by atoms with van der Waals surface area (Å²) < 4.78 is 25.2. The third-order valence-corrected chi connectivity index (χ3v) is 0. The molecule has 0 radical (unpaired) electrons. The molecule has 0 fully saturated rings. The first kappa shape index (κ1) is 23.0. The molecule has 0 rings (SSSR count).